The van der Waals surface area contributed by atoms with Gasteiger partial charge in [0.1, 0.15) is 11.5 Å². The molecule has 0 bridgehead atoms. The highest BCUT2D eigenvalue weighted by Gasteiger charge is 2.09. The van der Waals surface area contributed by atoms with Gasteiger partial charge >= 0.3 is 0 Å². The van der Waals surface area contributed by atoms with Gasteiger partial charge in [-0.1, -0.05) is 38.1 Å². The number of nitrogens with one attached hydrogen (secondary N) is 1. The van der Waals surface area contributed by atoms with E-state index in [-0.39, 0.29) is 0 Å². The Labute approximate surface area is 128 Å². The Balaban J connectivity index is 2.13. The van der Waals surface area contributed by atoms with Crippen molar-refractivity contribution in [2.45, 2.75) is 39.7 Å². The van der Waals surface area contributed by atoms with Crippen LogP contribution in [0.5, 0.6) is 11.5 Å². The minimum absolute atomic E-state index is 0.394. The number of benzene rings is 2. The molecule has 0 aliphatic heterocycles. The predicted octanol–water partition coefficient (Wildman–Crippen LogP) is 5.24. The minimum atomic E-state index is 0.394. The number of hydrogen-bond donors (Lipinski definition) is 1. The summed E-state index contributed by atoms with van der Waals surface area (Å²) >= 11 is 0. The van der Waals surface area contributed by atoms with Crippen LogP contribution in [0.4, 0.5) is 0 Å². The Hall–Kier alpha value is -1.80. The summed E-state index contributed by atoms with van der Waals surface area (Å²) < 4.78 is 5.97. The van der Waals surface area contributed by atoms with Gasteiger partial charge in [0.25, 0.3) is 0 Å². The lowest BCUT2D eigenvalue weighted by molar-refractivity contribution is 0.476. The van der Waals surface area contributed by atoms with E-state index < -0.39 is 0 Å². The first-order valence-electron chi connectivity index (χ1n) is 7.80. The smallest absolute Gasteiger partial charge is 0.127 e. The van der Waals surface area contributed by atoms with Gasteiger partial charge in [-0.05, 0) is 61.7 Å². The molecule has 1 unspecified atom stereocenters. The second kappa shape index (κ2) is 7.84. The van der Waals surface area contributed by atoms with Gasteiger partial charge in [0.05, 0.1) is 0 Å². The van der Waals surface area contributed by atoms with Gasteiger partial charge in [0.15, 0.2) is 0 Å². The predicted molar refractivity (Wildman–Crippen MR) is 89.0 cm³/mol. The van der Waals surface area contributed by atoms with E-state index in [0.29, 0.717) is 6.04 Å². The zero-order valence-corrected chi connectivity index (χ0v) is 13.2. The molecule has 0 amide bonds. The van der Waals surface area contributed by atoms with Crippen LogP contribution < -0.4 is 10.1 Å². The van der Waals surface area contributed by atoms with Crippen molar-refractivity contribution < 1.29 is 4.74 Å². The molecule has 0 radical (unpaired) electrons. The van der Waals surface area contributed by atoms with Crippen molar-refractivity contribution in [1.29, 1.82) is 0 Å². The lowest BCUT2D eigenvalue weighted by atomic mass is 10.0. The van der Waals surface area contributed by atoms with E-state index in [1.807, 2.05) is 18.2 Å². The third-order valence-corrected chi connectivity index (χ3v) is 3.53. The molecule has 0 saturated carbocycles. The maximum Gasteiger partial charge on any atom is 0.127 e. The number of aryl methyl sites for hydroxylation is 1. The Morgan fingerprint density at radius 2 is 1.71 bits per heavy atom. The summed E-state index contributed by atoms with van der Waals surface area (Å²) in [6.45, 7) is 7.52. The second-order valence-corrected chi connectivity index (χ2v) is 5.41. The Bertz CT molecular complexity index is 565. The molecule has 0 aliphatic rings. The SMILES string of the molecule is CCCNC(CC)c1cccc(Oc2cccc(C)c2)c1. The molecule has 0 aliphatic carbocycles. The zero-order chi connectivity index (χ0) is 15.1. The highest BCUT2D eigenvalue weighted by Crippen LogP contribution is 2.26. The van der Waals surface area contributed by atoms with Crippen LogP contribution in [0.25, 0.3) is 0 Å². The number of hydrogen-bond acceptors (Lipinski definition) is 2. The molecule has 2 rings (SSSR count). The number of ether oxygens (including phenoxy) is 1. The van der Waals surface area contributed by atoms with Gasteiger partial charge in [0.2, 0.25) is 0 Å². The molecule has 112 valence electrons. The molecular weight excluding hydrogens is 258 g/mol. The monoisotopic (exact) mass is 283 g/mol. The van der Waals surface area contributed by atoms with Gasteiger partial charge in [-0.25, -0.2) is 0 Å². The highest BCUT2D eigenvalue weighted by atomic mass is 16.5. The molecule has 1 atom stereocenters. The van der Waals surface area contributed by atoms with Crippen molar-refractivity contribution in [2.24, 2.45) is 0 Å². The summed E-state index contributed by atoms with van der Waals surface area (Å²) in [4.78, 5) is 0. The first-order chi connectivity index (χ1) is 10.2. The number of rotatable bonds is 7. The van der Waals surface area contributed by atoms with Crippen molar-refractivity contribution in [3.05, 3.63) is 59.7 Å². The molecule has 0 saturated heterocycles. The summed E-state index contributed by atoms with van der Waals surface area (Å²) in [5, 5.41) is 3.58. The van der Waals surface area contributed by atoms with E-state index >= 15 is 0 Å². The Morgan fingerprint density at radius 1 is 1.00 bits per heavy atom. The first kappa shape index (κ1) is 15.6. The maximum atomic E-state index is 5.97. The summed E-state index contributed by atoms with van der Waals surface area (Å²) in [5.41, 5.74) is 2.50. The van der Waals surface area contributed by atoms with Crippen molar-refractivity contribution in [1.82, 2.24) is 5.32 Å². The van der Waals surface area contributed by atoms with Crippen LogP contribution in [0.2, 0.25) is 0 Å². The molecule has 0 fully saturated rings. The lowest BCUT2D eigenvalue weighted by Crippen LogP contribution is -2.21. The van der Waals surface area contributed by atoms with Crippen molar-refractivity contribution in [2.75, 3.05) is 6.54 Å². The molecule has 0 spiro atoms. The largest absolute Gasteiger partial charge is 0.457 e. The Kier molecular flexibility index (Phi) is 5.82. The van der Waals surface area contributed by atoms with E-state index in [9.17, 15) is 0 Å². The van der Waals surface area contributed by atoms with E-state index in [1.165, 1.54) is 11.1 Å². The minimum Gasteiger partial charge on any atom is -0.457 e. The highest BCUT2D eigenvalue weighted by molar-refractivity contribution is 5.36. The van der Waals surface area contributed by atoms with Gasteiger partial charge in [-0.15, -0.1) is 0 Å². The van der Waals surface area contributed by atoms with Crippen LogP contribution in [0.1, 0.15) is 43.9 Å². The van der Waals surface area contributed by atoms with Crippen LogP contribution in [-0.4, -0.2) is 6.54 Å². The van der Waals surface area contributed by atoms with Gasteiger partial charge < -0.3 is 10.1 Å². The zero-order valence-electron chi connectivity index (χ0n) is 13.2. The maximum absolute atomic E-state index is 5.97. The average molecular weight is 283 g/mol. The quantitative estimate of drug-likeness (QED) is 0.750. The fourth-order valence-electron chi connectivity index (χ4n) is 2.43. The third kappa shape index (κ3) is 4.61. The van der Waals surface area contributed by atoms with Gasteiger partial charge in [-0.2, -0.15) is 0 Å². The molecule has 1 N–H and O–H groups in total. The average Bonchev–Trinajstić information content (AvgIpc) is 2.48. The van der Waals surface area contributed by atoms with Gasteiger partial charge in [-0.3, -0.25) is 0 Å². The van der Waals surface area contributed by atoms with Crippen LogP contribution >= 0.6 is 0 Å². The van der Waals surface area contributed by atoms with E-state index in [2.05, 4.69) is 56.4 Å². The fourth-order valence-corrected chi connectivity index (χ4v) is 2.43. The fraction of sp³-hybridized carbons (Fsp3) is 0.368. The molecule has 2 aromatic carbocycles. The summed E-state index contributed by atoms with van der Waals surface area (Å²) in [5.74, 6) is 1.79. The summed E-state index contributed by atoms with van der Waals surface area (Å²) in [6.07, 6.45) is 2.23. The molecular formula is C19H25NO. The van der Waals surface area contributed by atoms with E-state index in [0.717, 1.165) is 30.9 Å². The molecule has 0 heterocycles. The normalized spacial score (nSPS) is 12.1. The molecule has 21 heavy (non-hydrogen) atoms. The van der Waals surface area contributed by atoms with Gasteiger partial charge in [0, 0.05) is 6.04 Å². The first-order valence-corrected chi connectivity index (χ1v) is 7.80. The molecule has 0 aromatic heterocycles. The van der Waals surface area contributed by atoms with Crippen molar-refractivity contribution >= 4 is 0 Å². The van der Waals surface area contributed by atoms with E-state index in [1.54, 1.807) is 0 Å². The van der Waals surface area contributed by atoms with Crippen LogP contribution in [0, 0.1) is 6.92 Å². The standard InChI is InChI=1S/C19H25NO/c1-4-12-20-19(5-2)16-9-7-11-18(14-16)21-17-10-6-8-15(3)13-17/h6-11,13-14,19-20H,4-5,12H2,1-3H3. The molecule has 2 heteroatoms. The summed E-state index contributed by atoms with van der Waals surface area (Å²) in [6, 6.07) is 16.9. The van der Waals surface area contributed by atoms with Crippen molar-refractivity contribution in [3.63, 3.8) is 0 Å². The summed E-state index contributed by atoms with van der Waals surface area (Å²) in [7, 11) is 0. The van der Waals surface area contributed by atoms with Crippen LogP contribution in [0.15, 0.2) is 48.5 Å². The second-order valence-electron chi connectivity index (χ2n) is 5.41. The molecule has 2 nitrogen and oxygen atoms in total. The molecule has 2 aromatic rings. The van der Waals surface area contributed by atoms with Crippen LogP contribution in [-0.2, 0) is 0 Å². The van der Waals surface area contributed by atoms with E-state index in [4.69, 9.17) is 4.74 Å². The Morgan fingerprint density at radius 3 is 2.38 bits per heavy atom. The third-order valence-electron chi connectivity index (χ3n) is 3.53. The topological polar surface area (TPSA) is 21.3 Å². The lowest BCUT2D eigenvalue weighted by Gasteiger charge is -2.18. The van der Waals surface area contributed by atoms with Crippen LogP contribution in [0.3, 0.4) is 0 Å². The van der Waals surface area contributed by atoms with Crippen molar-refractivity contribution in [3.8, 4) is 11.5 Å².